The second-order valence-corrected chi connectivity index (χ2v) is 8.02. The topological polar surface area (TPSA) is 43.1 Å². The molecule has 0 aliphatic rings. The van der Waals surface area contributed by atoms with Crippen molar-refractivity contribution in [2.45, 2.75) is 33.7 Å². The zero-order valence-electron chi connectivity index (χ0n) is 18.9. The molecule has 4 heteroatoms. The third-order valence-corrected chi connectivity index (χ3v) is 5.78. The number of allylic oxidation sites excluding steroid dienone is 3. The number of hydrogen-bond acceptors (Lipinski definition) is 3. The fraction of sp³-hybridized carbons (Fsp3) is 0.179. The van der Waals surface area contributed by atoms with Gasteiger partial charge in [-0.2, -0.15) is 0 Å². The molecule has 0 unspecified atom stereocenters. The normalized spacial score (nSPS) is 12.0. The van der Waals surface area contributed by atoms with Crippen LogP contribution in [0.3, 0.4) is 0 Å². The summed E-state index contributed by atoms with van der Waals surface area (Å²) in [5.74, 6) is 1.05. The number of pyridine rings is 1. The summed E-state index contributed by atoms with van der Waals surface area (Å²) in [5.41, 5.74) is 9.45. The molecule has 0 saturated heterocycles. The van der Waals surface area contributed by atoms with Gasteiger partial charge in [0.15, 0.2) is 0 Å². The minimum atomic E-state index is 0.758. The molecule has 0 N–H and O–H groups in total. The van der Waals surface area contributed by atoms with Crippen molar-refractivity contribution >= 4 is 23.3 Å². The molecule has 0 spiro atoms. The molecule has 0 radical (unpaired) electrons. The molecule has 0 atom stereocenters. The van der Waals surface area contributed by atoms with E-state index >= 15 is 0 Å². The molecule has 4 aromatic rings. The molecule has 4 nitrogen and oxygen atoms in total. The lowest BCUT2D eigenvalue weighted by Crippen LogP contribution is -2.07. The minimum absolute atomic E-state index is 0.758. The van der Waals surface area contributed by atoms with E-state index in [0.717, 1.165) is 41.0 Å². The lowest BCUT2D eigenvalue weighted by Gasteiger charge is -2.13. The lowest BCUT2D eigenvalue weighted by atomic mass is 10.0. The van der Waals surface area contributed by atoms with Gasteiger partial charge >= 0.3 is 0 Å². The number of aryl methyl sites for hydroxylation is 2. The van der Waals surface area contributed by atoms with E-state index in [1.54, 1.807) is 6.20 Å². The highest BCUT2D eigenvalue weighted by Crippen LogP contribution is 2.26. The van der Waals surface area contributed by atoms with Gasteiger partial charge in [0.25, 0.3) is 0 Å². The smallest absolute Gasteiger partial charge is 0.114 e. The van der Waals surface area contributed by atoms with E-state index < -0.39 is 0 Å². The fourth-order valence-corrected chi connectivity index (χ4v) is 3.98. The standard InChI is InChI=1S/C28H28N4/c1-5-23(12-13-29-4)24-8-9-26-27(18-24)32(19-25-16-20(2)6-7-21(25)3)28(31-26)17-22-10-14-30-15-11-22/h5-16,18H,4,17,19H2,1-3H3/b13-12-,23-5+. The lowest BCUT2D eigenvalue weighted by molar-refractivity contribution is 0.758. The Kier molecular flexibility index (Phi) is 6.41. The van der Waals surface area contributed by atoms with Gasteiger partial charge in [0, 0.05) is 31.6 Å². The highest BCUT2D eigenvalue weighted by molar-refractivity contribution is 5.84. The maximum atomic E-state index is 5.02. The second kappa shape index (κ2) is 9.56. The van der Waals surface area contributed by atoms with E-state index in [1.807, 2.05) is 25.4 Å². The summed E-state index contributed by atoms with van der Waals surface area (Å²) < 4.78 is 2.35. The van der Waals surface area contributed by atoms with Gasteiger partial charge in [-0.25, -0.2) is 4.98 Å². The molecule has 0 aliphatic heterocycles. The van der Waals surface area contributed by atoms with Crippen LogP contribution in [0.4, 0.5) is 0 Å². The van der Waals surface area contributed by atoms with Crippen molar-refractivity contribution in [1.29, 1.82) is 0 Å². The van der Waals surface area contributed by atoms with Gasteiger partial charge in [0.1, 0.15) is 5.82 Å². The summed E-state index contributed by atoms with van der Waals surface area (Å²) in [7, 11) is 0. The van der Waals surface area contributed by atoms with Crippen LogP contribution in [0.2, 0.25) is 0 Å². The molecule has 0 saturated carbocycles. The van der Waals surface area contributed by atoms with Crippen LogP contribution in [0.25, 0.3) is 16.6 Å². The van der Waals surface area contributed by atoms with Crippen LogP contribution < -0.4 is 0 Å². The average Bonchev–Trinajstić information content (AvgIpc) is 3.13. The quantitative estimate of drug-likeness (QED) is 0.260. The first-order valence-electron chi connectivity index (χ1n) is 10.8. The molecule has 32 heavy (non-hydrogen) atoms. The van der Waals surface area contributed by atoms with Crippen LogP contribution in [0.15, 0.2) is 84.3 Å². The number of imidazole rings is 1. The number of benzene rings is 2. The van der Waals surface area contributed by atoms with Gasteiger partial charge < -0.3 is 4.57 Å². The predicted octanol–water partition coefficient (Wildman–Crippen LogP) is 6.30. The molecule has 2 aromatic heterocycles. The van der Waals surface area contributed by atoms with Crippen molar-refractivity contribution in [2.24, 2.45) is 4.99 Å². The van der Waals surface area contributed by atoms with Crippen molar-refractivity contribution < 1.29 is 0 Å². The van der Waals surface area contributed by atoms with E-state index in [9.17, 15) is 0 Å². The number of aliphatic imine (C=N–C) groups is 1. The Morgan fingerprint density at radius 3 is 2.62 bits per heavy atom. The molecule has 0 aliphatic carbocycles. The van der Waals surface area contributed by atoms with E-state index in [0.29, 0.717) is 0 Å². The summed E-state index contributed by atoms with van der Waals surface area (Å²) in [6, 6.07) is 17.2. The molecule has 2 heterocycles. The first-order valence-corrected chi connectivity index (χ1v) is 10.8. The molecule has 4 rings (SSSR count). The van der Waals surface area contributed by atoms with E-state index in [1.165, 1.54) is 22.3 Å². The highest BCUT2D eigenvalue weighted by atomic mass is 15.1. The van der Waals surface area contributed by atoms with Crippen LogP contribution in [0.5, 0.6) is 0 Å². The number of rotatable bonds is 7. The summed E-state index contributed by atoms with van der Waals surface area (Å²) in [4.78, 5) is 13.0. The maximum absolute atomic E-state index is 5.02. The molecule has 160 valence electrons. The van der Waals surface area contributed by atoms with Crippen LogP contribution in [-0.4, -0.2) is 21.3 Å². The summed E-state index contributed by atoms with van der Waals surface area (Å²) in [5, 5.41) is 0. The maximum Gasteiger partial charge on any atom is 0.114 e. The van der Waals surface area contributed by atoms with Gasteiger partial charge in [-0.15, -0.1) is 0 Å². The van der Waals surface area contributed by atoms with Gasteiger partial charge in [-0.3, -0.25) is 9.98 Å². The monoisotopic (exact) mass is 420 g/mol. The molecule has 0 bridgehead atoms. The zero-order chi connectivity index (χ0) is 22.5. The summed E-state index contributed by atoms with van der Waals surface area (Å²) in [6.07, 6.45) is 10.2. The number of nitrogens with zero attached hydrogens (tertiary/aromatic N) is 4. The SMILES string of the molecule is C=N/C=C\C(=C/C)c1ccc2nc(Cc3ccncc3)n(Cc3cc(C)ccc3C)c2c1. The van der Waals surface area contributed by atoms with Crippen molar-refractivity contribution in [1.82, 2.24) is 14.5 Å². The molecule has 2 aromatic carbocycles. The number of fused-ring (bicyclic) bond motifs is 1. The average molecular weight is 421 g/mol. The van der Waals surface area contributed by atoms with E-state index in [-0.39, 0.29) is 0 Å². The molecular weight excluding hydrogens is 392 g/mol. The summed E-state index contributed by atoms with van der Waals surface area (Å²) >= 11 is 0. The summed E-state index contributed by atoms with van der Waals surface area (Å²) in [6.45, 7) is 10.7. The van der Waals surface area contributed by atoms with E-state index in [2.05, 4.69) is 89.7 Å². The van der Waals surface area contributed by atoms with Crippen molar-refractivity contribution in [3.05, 3.63) is 113 Å². The highest BCUT2D eigenvalue weighted by Gasteiger charge is 2.14. The second-order valence-electron chi connectivity index (χ2n) is 8.02. The van der Waals surface area contributed by atoms with Crippen molar-refractivity contribution in [2.75, 3.05) is 0 Å². The Morgan fingerprint density at radius 1 is 1.06 bits per heavy atom. The Balaban J connectivity index is 1.86. The third-order valence-electron chi connectivity index (χ3n) is 5.78. The van der Waals surface area contributed by atoms with Crippen molar-refractivity contribution in [3.63, 3.8) is 0 Å². The number of hydrogen-bond donors (Lipinski definition) is 0. The third kappa shape index (κ3) is 4.59. The Morgan fingerprint density at radius 2 is 1.88 bits per heavy atom. The van der Waals surface area contributed by atoms with Crippen LogP contribution in [0.1, 0.15) is 40.6 Å². The number of aromatic nitrogens is 3. The molecule has 0 fully saturated rings. The Hall–Kier alpha value is -3.79. The minimum Gasteiger partial charge on any atom is -0.323 e. The fourth-order valence-electron chi connectivity index (χ4n) is 3.98. The van der Waals surface area contributed by atoms with Gasteiger partial charge in [-0.05, 0) is 85.7 Å². The van der Waals surface area contributed by atoms with Crippen LogP contribution in [0, 0.1) is 13.8 Å². The first-order chi connectivity index (χ1) is 15.6. The molecular formula is C28H28N4. The van der Waals surface area contributed by atoms with E-state index in [4.69, 9.17) is 4.98 Å². The van der Waals surface area contributed by atoms with Crippen LogP contribution in [-0.2, 0) is 13.0 Å². The Labute approximate surface area is 189 Å². The first kappa shape index (κ1) is 21.4. The Bertz CT molecular complexity index is 1310. The van der Waals surface area contributed by atoms with Crippen molar-refractivity contribution in [3.8, 4) is 0 Å². The predicted molar refractivity (Wildman–Crippen MR) is 134 cm³/mol. The zero-order valence-corrected chi connectivity index (χ0v) is 18.9. The van der Waals surface area contributed by atoms with Crippen LogP contribution >= 0.6 is 0 Å². The van der Waals surface area contributed by atoms with Gasteiger partial charge in [0.05, 0.1) is 11.0 Å². The van der Waals surface area contributed by atoms with Gasteiger partial charge in [0.2, 0.25) is 0 Å². The molecule has 0 amide bonds. The largest absolute Gasteiger partial charge is 0.323 e. The van der Waals surface area contributed by atoms with Gasteiger partial charge in [-0.1, -0.05) is 35.9 Å².